The van der Waals surface area contributed by atoms with Crippen LogP contribution in [0.1, 0.15) is 5.89 Å². The van der Waals surface area contributed by atoms with Crippen molar-refractivity contribution in [1.82, 2.24) is 19.9 Å². The summed E-state index contributed by atoms with van der Waals surface area (Å²) in [6.07, 6.45) is 1.76. The molecule has 0 aliphatic carbocycles. The van der Waals surface area contributed by atoms with Crippen LogP contribution >= 0.6 is 11.8 Å². The molecular formula is C18H14N6O3S. The molecule has 0 fully saturated rings. The maximum absolute atomic E-state index is 10.7. The number of thioether (sulfide) groups is 1. The summed E-state index contributed by atoms with van der Waals surface area (Å²) in [7, 11) is 0. The topological polar surface area (TPSA) is 126 Å². The van der Waals surface area contributed by atoms with E-state index < -0.39 is 4.92 Å². The number of rotatable bonds is 6. The highest BCUT2D eigenvalue weighted by atomic mass is 32.2. The van der Waals surface area contributed by atoms with E-state index in [4.69, 9.17) is 10.3 Å². The molecule has 0 bridgehead atoms. The van der Waals surface area contributed by atoms with Crippen LogP contribution in [0.5, 0.6) is 0 Å². The zero-order valence-corrected chi connectivity index (χ0v) is 15.2. The summed E-state index contributed by atoms with van der Waals surface area (Å²) in [6, 6.07) is 15.7. The molecule has 2 aromatic carbocycles. The number of nitro benzene ring substituents is 1. The molecule has 0 atom stereocenters. The number of non-ortho nitro benzene ring substituents is 1. The van der Waals surface area contributed by atoms with Crippen molar-refractivity contribution in [2.45, 2.75) is 10.9 Å². The molecule has 0 aliphatic heterocycles. The Morgan fingerprint density at radius 3 is 2.54 bits per heavy atom. The van der Waals surface area contributed by atoms with Crippen molar-refractivity contribution in [3.05, 3.63) is 76.8 Å². The molecule has 0 unspecified atom stereocenters. The molecule has 140 valence electrons. The smallest absolute Gasteiger partial charge is 0.269 e. The first kappa shape index (κ1) is 17.7. The van der Waals surface area contributed by atoms with Crippen molar-refractivity contribution < 1.29 is 9.34 Å². The summed E-state index contributed by atoms with van der Waals surface area (Å²) in [6.45, 7) is 0. The Morgan fingerprint density at radius 1 is 1.07 bits per heavy atom. The van der Waals surface area contributed by atoms with Gasteiger partial charge in [-0.25, -0.2) is 9.66 Å². The summed E-state index contributed by atoms with van der Waals surface area (Å²) >= 11 is 1.37. The summed E-state index contributed by atoms with van der Waals surface area (Å²) in [5.74, 6) is 7.08. The molecule has 2 heterocycles. The van der Waals surface area contributed by atoms with Gasteiger partial charge in [0.05, 0.1) is 22.6 Å². The van der Waals surface area contributed by atoms with Gasteiger partial charge in [-0.1, -0.05) is 42.1 Å². The van der Waals surface area contributed by atoms with Crippen LogP contribution in [0.15, 0.2) is 70.4 Å². The van der Waals surface area contributed by atoms with Crippen LogP contribution in [0.4, 0.5) is 5.69 Å². The van der Waals surface area contributed by atoms with Crippen molar-refractivity contribution in [2.75, 3.05) is 5.84 Å². The van der Waals surface area contributed by atoms with Gasteiger partial charge in [0.1, 0.15) is 0 Å². The van der Waals surface area contributed by atoms with Crippen molar-refractivity contribution in [1.29, 1.82) is 0 Å². The minimum Gasteiger partial charge on any atom is -0.420 e. The molecule has 2 aromatic heterocycles. The highest BCUT2D eigenvalue weighted by Gasteiger charge is 2.13. The van der Waals surface area contributed by atoms with Gasteiger partial charge in [-0.2, -0.15) is 0 Å². The first-order chi connectivity index (χ1) is 13.6. The zero-order valence-electron chi connectivity index (χ0n) is 14.4. The number of nitrogens with zero attached hydrogens (tertiary/aromatic N) is 5. The Bertz CT molecular complexity index is 1110. The van der Waals surface area contributed by atoms with Crippen LogP contribution in [-0.4, -0.2) is 24.8 Å². The van der Waals surface area contributed by atoms with E-state index in [0.717, 1.165) is 11.3 Å². The van der Waals surface area contributed by atoms with E-state index in [1.54, 1.807) is 18.3 Å². The van der Waals surface area contributed by atoms with Crippen LogP contribution in [-0.2, 0) is 5.75 Å². The minimum atomic E-state index is -0.460. The average Bonchev–Trinajstić information content (AvgIpc) is 3.34. The molecule has 0 aliphatic rings. The van der Waals surface area contributed by atoms with Crippen molar-refractivity contribution >= 4 is 17.4 Å². The third-order valence-electron chi connectivity index (χ3n) is 3.88. The number of nitrogen functional groups attached to an aromatic ring is 1. The van der Waals surface area contributed by atoms with Gasteiger partial charge in [0.2, 0.25) is 11.8 Å². The fourth-order valence-corrected chi connectivity index (χ4v) is 3.25. The molecule has 4 rings (SSSR count). The second-order valence-electron chi connectivity index (χ2n) is 5.78. The fourth-order valence-electron chi connectivity index (χ4n) is 2.51. The van der Waals surface area contributed by atoms with E-state index in [2.05, 4.69) is 15.2 Å². The van der Waals surface area contributed by atoms with Gasteiger partial charge in [-0.3, -0.25) is 10.1 Å². The third kappa shape index (κ3) is 3.71. The monoisotopic (exact) mass is 394 g/mol. The summed E-state index contributed by atoms with van der Waals surface area (Å²) in [5.41, 5.74) is 2.37. The number of nitro groups is 1. The quantitative estimate of drug-likeness (QED) is 0.228. The molecule has 2 N–H and O–H groups in total. The Hall–Kier alpha value is -3.66. The van der Waals surface area contributed by atoms with Gasteiger partial charge in [0.25, 0.3) is 5.69 Å². The highest BCUT2D eigenvalue weighted by molar-refractivity contribution is 7.98. The number of imidazole rings is 1. The fraction of sp³-hybridized carbons (Fsp3) is 0.0556. The molecule has 0 spiro atoms. The molecule has 0 saturated carbocycles. The van der Waals surface area contributed by atoms with Gasteiger partial charge in [0, 0.05) is 23.3 Å². The molecule has 28 heavy (non-hydrogen) atoms. The number of hydrogen-bond donors (Lipinski definition) is 1. The standard InChI is InChI=1S/C18H14N6O3S/c19-23-10-15(12-4-2-1-3-5-12)20-18(23)28-11-16-21-22-17(27-16)13-6-8-14(9-7-13)24(25)26/h1-10H,11,19H2. The second-order valence-corrected chi connectivity index (χ2v) is 6.72. The summed E-state index contributed by atoms with van der Waals surface area (Å²) in [4.78, 5) is 14.8. The van der Waals surface area contributed by atoms with Gasteiger partial charge < -0.3 is 10.3 Å². The lowest BCUT2D eigenvalue weighted by atomic mass is 10.2. The first-order valence-electron chi connectivity index (χ1n) is 8.20. The van der Waals surface area contributed by atoms with Gasteiger partial charge in [-0.15, -0.1) is 10.2 Å². The minimum absolute atomic E-state index is 0.00282. The Morgan fingerprint density at radius 2 is 1.82 bits per heavy atom. The van der Waals surface area contributed by atoms with Gasteiger partial charge in [-0.05, 0) is 12.1 Å². The Kier molecular flexibility index (Phi) is 4.77. The van der Waals surface area contributed by atoms with Crippen LogP contribution < -0.4 is 5.84 Å². The van der Waals surface area contributed by atoms with Crippen LogP contribution in [0.2, 0.25) is 0 Å². The van der Waals surface area contributed by atoms with Crippen molar-refractivity contribution in [3.63, 3.8) is 0 Å². The van der Waals surface area contributed by atoms with Crippen molar-refractivity contribution in [2.24, 2.45) is 0 Å². The number of aromatic nitrogens is 4. The highest BCUT2D eigenvalue weighted by Crippen LogP contribution is 2.27. The molecule has 0 amide bonds. The maximum atomic E-state index is 10.7. The molecule has 0 saturated heterocycles. The SMILES string of the molecule is Nn1cc(-c2ccccc2)nc1SCc1nnc(-c2ccc([N+](=O)[O-])cc2)o1. The third-order valence-corrected chi connectivity index (χ3v) is 4.84. The van der Waals surface area contributed by atoms with E-state index in [1.807, 2.05) is 30.3 Å². The average molecular weight is 394 g/mol. The summed E-state index contributed by atoms with van der Waals surface area (Å²) < 4.78 is 7.09. The second kappa shape index (κ2) is 7.53. The normalized spacial score (nSPS) is 10.9. The Labute approximate surface area is 163 Å². The predicted octanol–water partition coefficient (Wildman–Crippen LogP) is 3.51. The molecule has 9 nitrogen and oxygen atoms in total. The predicted molar refractivity (Wildman–Crippen MR) is 104 cm³/mol. The van der Waals surface area contributed by atoms with Crippen LogP contribution in [0.3, 0.4) is 0 Å². The van der Waals surface area contributed by atoms with E-state index in [1.165, 1.54) is 28.6 Å². The van der Waals surface area contributed by atoms with E-state index >= 15 is 0 Å². The molecular weight excluding hydrogens is 380 g/mol. The van der Waals surface area contributed by atoms with E-state index in [-0.39, 0.29) is 5.69 Å². The molecule has 4 aromatic rings. The number of benzene rings is 2. The van der Waals surface area contributed by atoms with Crippen LogP contribution in [0, 0.1) is 10.1 Å². The van der Waals surface area contributed by atoms with Gasteiger partial charge >= 0.3 is 0 Å². The largest absolute Gasteiger partial charge is 0.420 e. The Balaban J connectivity index is 1.45. The van der Waals surface area contributed by atoms with E-state index in [9.17, 15) is 10.1 Å². The zero-order chi connectivity index (χ0) is 19.5. The lowest BCUT2D eigenvalue weighted by molar-refractivity contribution is -0.384. The molecule has 10 heteroatoms. The maximum Gasteiger partial charge on any atom is 0.269 e. The number of hydrogen-bond acceptors (Lipinski definition) is 8. The van der Waals surface area contributed by atoms with Crippen LogP contribution in [0.25, 0.3) is 22.7 Å². The lowest BCUT2D eigenvalue weighted by Gasteiger charge is -1.98. The molecule has 0 radical (unpaired) electrons. The van der Waals surface area contributed by atoms with Crippen molar-refractivity contribution in [3.8, 4) is 22.7 Å². The van der Waals surface area contributed by atoms with Gasteiger partial charge in [0.15, 0.2) is 5.16 Å². The lowest BCUT2D eigenvalue weighted by Crippen LogP contribution is -2.07. The number of nitrogens with two attached hydrogens (primary N) is 1. The van der Waals surface area contributed by atoms with E-state index in [0.29, 0.717) is 28.3 Å². The summed E-state index contributed by atoms with van der Waals surface area (Å²) in [5, 5.41) is 19.3. The first-order valence-corrected chi connectivity index (χ1v) is 9.18.